The molecular formula is C19H27NO2. The minimum absolute atomic E-state index is 0.0708. The predicted molar refractivity (Wildman–Crippen MR) is 89.0 cm³/mol. The molecule has 0 spiro atoms. The molecule has 0 N–H and O–H groups in total. The Hall–Kier alpha value is -1.64. The van der Waals surface area contributed by atoms with Crippen molar-refractivity contribution in [2.24, 2.45) is 5.92 Å². The third-order valence-corrected chi connectivity index (χ3v) is 4.39. The Morgan fingerprint density at radius 2 is 1.91 bits per heavy atom. The maximum absolute atomic E-state index is 12.2. The van der Waals surface area contributed by atoms with Crippen LogP contribution in [-0.4, -0.2) is 29.7 Å². The molecule has 1 amide bonds. The van der Waals surface area contributed by atoms with Crippen LogP contribution >= 0.6 is 0 Å². The summed E-state index contributed by atoms with van der Waals surface area (Å²) in [4.78, 5) is 26.3. The number of likely N-dealkylation sites (tertiary alicyclic amines) is 1. The molecule has 0 aromatic heterocycles. The summed E-state index contributed by atoms with van der Waals surface area (Å²) in [7, 11) is 0. The van der Waals surface area contributed by atoms with Crippen LogP contribution in [0.3, 0.4) is 0 Å². The average Bonchev–Trinajstić information content (AvgIpc) is 2.53. The molecule has 0 radical (unpaired) electrons. The summed E-state index contributed by atoms with van der Waals surface area (Å²) in [5.74, 6) is 0.781. The zero-order valence-corrected chi connectivity index (χ0v) is 13.8. The van der Waals surface area contributed by atoms with Crippen LogP contribution in [0.5, 0.6) is 0 Å². The average molecular weight is 301 g/mol. The molecular weight excluding hydrogens is 274 g/mol. The standard InChI is InChI=1S/C19H27NO2/c1-3-5-16-7-9-17(10-8-16)18(21)11-12-19(22)20-13-4-6-15(2)14-20/h7-10,15H,3-6,11-14H2,1-2H3. The van der Waals surface area contributed by atoms with Gasteiger partial charge in [-0.15, -0.1) is 0 Å². The molecule has 1 saturated heterocycles. The highest BCUT2D eigenvalue weighted by Crippen LogP contribution is 2.17. The summed E-state index contributed by atoms with van der Waals surface area (Å²) in [6.07, 6.45) is 5.09. The lowest BCUT2D eigenvalue weighted by Gasteiger charge is -2.31. The van der Waals surface area contributed by atoms with Crippen molar-refractivity contribution in [3.05, 3.63) is 35.4 Å². The van der Waals surface area contributed by atoms with Gasteiger partial charge in [0.1, 0.15) is 0 Å². The van der Waals surface area contributed by atoms with E-state index in [9.17, 15) is 9.59 Å². The number of carbonyl (C=O) groups is 2. The van der Waals surface area contributed by atoms with E-state index in [0.29, 0.717) is 18.8 Å². The van der Waals surface area contributed by atoms with E-state index in [1.54, 1.807) is 0 Å². The number of hydrogen-bond acceptors (Lipinski definition) is 2. The Labute approximate surface area is 133 Å². The first kappa shape index (κ1) is 16.7. The SMILES string of the molecule is CCCc1ccc(C(=O)CCC(=O)N2CCCC(C)C2)cc1. The maximum atomic E-state index is 12.2. The van der Waals surface area contributed by atoms with Gasteiger partial charge in [0.25, 0.3) is 0 Å². The first-order chi connectivity index (χ1) is 10.6. The Kier molecular flexibility index (Phi) is 6.17. The van der Waals surface area contributed by atoms with Crippen molar-refractivity contribution in [2.45, 2.75) is 52.4 Å². The number of ketones is 1. The Morgan fingerprint density at radius 3 is 2.55 bits per heavy atom. The second kappa shape index (κ2) is 8.11. The van der Waals surface area contributed by atoms with Gasteiger partial charge >= 0.3 is 0 Å². The summed E-state index contributed by atoms with van der Waals surface area (Å²) in [6, 6.07) is 7.82. The zero-order chi connectivity index (χ0) is 15.9. The monoisotopic (exact) mass is 301 g/mol. The number of rotatable bonds is 6. The first-order valence-electron chi connectivity index (χ1n) is 8.50. The molecule has 3 heteroatoms. The molecule has 1 fully saturated rings. The molecule has 2 rings (SSSR count). The predicted octanol–water partition coefficient (Wildman–Crippen LogP) is 3.86. The first-order valence-corrected chi connectivity index (χ1v) is 8.50. The normalized spacial score (nSPS) is 18.3. The van der Waals surface area contributed by atoms with Crippen molar-refractivity contribution in [3.63, 3.8) is 0 Å². The maximum Gasteiger partial charge on any atom is 0.223 e. The van der Waals surface area contributed by atoms with E-state index < -0.39 is 0 Å². The van der Waals surface area contributed by atoms with Gasteiger partial charge in [-0.1, -0.05) is 44.5 Å². The quantitative estimate of drug-likeness (QED) is 0.748. The molecule has 1 aliphatic heterocycles. The van der Waals surface area contributed by atoms with Crippen molar-refractivity contribution in [1.29, 1.82) is 0 Å². The van der Waals surface area contributed by atoms with Crippen LogP contribution in [0.1, 0.15) is 61.9 Å². The highest BCUT2D eigenvalue weighted by molar-refractivity contribution is 5.98. The molecule has 120 valence electrons. The van der Waals surface area contributed by atoms with Gasteiger partial charge in [0, 0.05) is 31.5 Å². The number of amides is 1. The third kappa shape index (κ3) is 4.69. The zero-order valence-electron chi connectivity index (χ0n) is 13.8. The van der Waals surface area contributed by atoms with Crippen LogP contribution in [0, 0.1) is 5.92 Å². The molecule has 0 saturated carbocycles. The Morgan fingerprint density at radius 1 is 1.18 bits per heavy atom. The second-order valence-corrected chi connectivity index (χ2v) is 6.46. The number of nitrogens with zero attached hydrogens (tertiary/aromatic N) is 1. The summed E-state index contributed by atoms with van der Waals surface area (Å²) < 4.78 is 0. The van der Waals surface area contributed by atoms with E-state index in [1.165, 1.54) is 12.0 Å². The fraction of sp³-hybridized carbons (Fsp3) is 0.579. The molecule has 1 aromatic carbocycles. The topological polar surface area (TPSA) is 37.4 Å². The third-order valence-electron chi connectivity index (χ3n) is 4.39. The van der Waals surface area contributed by atoms with E-state index in [4.69, 9.17) is 0 Å². The summed E-state index contributed by atoms with van der Waals surface area (Å²) in [5, 5.41) is 0. The van der Waals surface area contributed by atoms with E-state index in [-0.39, 0.29) is 11.7 Å². The van der Waals surface area contributed by atoms with Crippen LogP contribution < -0.4 is 0 Å². The van der Waals surface area contributed by atoms with Gasteiger partial charge < -0.3 is 4.90 Å². The number of aryl methyl sites for hydroxylation is 1. The minimum Gasteiger partial charge on any atom is -0.342 e. The van der Waals surface area contributed by atoms with E-state index in [0.717, 1.165) is 37.9 Å². The summed E-state index contributed by atoms with van der Waals surface area (Å²) in [5.41, 5.74) is 1.98. The van der Waals surface area contributed by atoms with Crippen molar-refractivity contribution < 1.29 is 9.59 Å². The molecule has 1 aromatic rings. The second-order valence-electron chi connectivity index (χ2n) is 6.46. The lowest BCUT2D eigenvalue weighted by atomic mass is 9.99. The van der Waals surface area contributed by atoms with Crippen LogP contribution in [-0.2, 0) is 11.2 Å². The molecule has 1 unspecified atom stereocenters. The Balaban J connectivity index is 1.82. The van der Waals surface area contributed by atoms with E-state index in [1.807, 2.05) is 29.2 Å². The largest absolute Gasteiger partial charge is 0.342 e. The van der Waals surface area contributed by atoms with Crippen LogP contribution in [0.25, 0.3) is 0 Å². The highest BCUT2D eigenvalue weighted by Gasteiger charge is 2.21. The van der Waals surface area contributed by atoms with Gasteiger partial charge in [-0.25, -0.2) is 0 Å². The Bertz CT molecular complexity index is 507. The fourth-order valence-electron chi connectivity index (χ4n) is 3.08. The number of benzene rings is 1. The molecule has 1 atom stereocenters. The highest BCUT2D eigenvalue weighted by atomic mass is 16.2. The van der Waals surface area contributed by atoms with Crippen molar-refractivity contribution in [1.82, 2.24) is 4.90 Å². The van der Waals surface area contributed by atoms with Crippen LogP contribution in [0.2, 0.25) is 0 Å². The smallest absolute Gasteiger partial charge is 0.223 e. The van der Waals surface area contributed by atoms with Gasteiger partial charge in [0.2, 0.25) is 5.91 Å². The van der Waals surface area contributed by atoms with Gasteiger partial charge in [-0.2, -0.15) is 0 Å². The fourth-order valence-corrected chi connectivity index (χ4v) is 3.08. The van der Waals surface area contributed by atoms with Crippen molar-refractivity contribution in [2.75, 3.05) is 13.1 Å². The van der Waals surface area contributed by atoms with Crippen LogP contribution in [0.15, 0.2) is 24.3 Å². The molecule has 1 heterocycles. The molecule has 3 nitrogen and oxygen atoms in total. The van der Waals surface area contributed by atoms with Gasteiger partial charge in [0.15, 0.2) is 5.78 Å². The van der Waals surface area contributed by atoms with Crippen molar-refractivity contribution >= 4 is 11.7 Å². The molecule has 0 bridgehead atoms. The van der Waals surface area contributed by atoms with E-state index in [2.05, 4.69) is 13.8 Å². The summed E-state index contributed by atoms with van der Waals surface area (Å²) >= 11 is 0. The number of hydrogen-bond donors (Lipinski definition) is 0. The van der Waals surface area contributed by atoms with Gasteiger partial charge in [0.05, 0.1) is 0 Å². The molecule has 0 aliphatic carbocycles. The van der Waals surface area contributed by atoms with Gasteiger partial charge in [-0.3, -0.25) is 9.59 Å². The van der Waals surface area contributed by atoms with Crippen molar-refractivity contribution in [3.8, 4) is 0 Å². The minimum atomic E-state index is 0.0708. The van der Waals surface area contributed by atoms with Crippen LogP contribution in [0.4, 0.5) is 0 Å². The lowest BCUT2D eigenvalue weighted by molar-refractivity contribution is -0.132. The number of Topliss-reactive ketones (excluding diaryl/α,β-unsaturated/α-hetero) is 1. The molecule has 22 heavy (non-hydrogen) atoms. The van der Waals surface area contributed by atoms with E-state index >= 15 is 0 Å². The summed E-state index contributed by atoms with van der Waals surface area (Å²) in [6.45, 7) is 6.02. The molecule has 1 aliphatic rings. The number of piperidine rings is 1. The lowest BCUT2D eigenvalue weighted by Crippen LogP contribution is -2.39. The van der Waals surface area contributed by atoms with Gasteiger partial charge in [-0.05, 0) is 30.7 Å². The number of carbonyl (C=O) groups excluding carboxylic acids is 2.